The number of benzene rings is 4. The lowest BCUT2D eigenvalue weighted by Gasteiger charge is -2.50. The fourth-order valence-electron chi connectivity index (χ4n) is 9.87. The minimum atomic E-state index is -0.629. The maximum absolute atomic E-state index is 5.54. The van der Waals surface area contributed by atoms with Crippen LogP contribution < -0.4 is 9.13 Å². The van der Waals surface area contributed by atoms with Crippen LogP contribution >= 0.6 is 0 Å². The number of allylic oxidation sites excluding steroid dienone is 1. The minimum Gasteiger partial charge on any atom is -0.215 e. The summed E-state index contributed by atoms with van der Waals surface area (Å²) in [4.78, 5) is 21.7. The van der Waals surface area contributed by atoms with E-state index in [-0.39, 0.29) is 10.8 Å². The molecule has 1 aliphatic heterocycles. The zero-order chi connectivity index (χ0) is 42.2. The molecule has 0 aliphatic carbocycles. The second-order valence-corrected chi connectivity index (χ2v) is 18.5. The fourth-order valence-corrected chi connectivity index (χ4v) is 9.87. The van der Waals surface area contributed by atoms with E-state index in [0.29, 0.717) is 6.42 Å². The summed E-state index contributed by atoms with van der Waals surface area (Å²) in [6, 6.07) is 38.9. The van der Waals surface area contributed by atoms with E-state index in [1.54, 1.807) is 0 Å². The van der Waals surface area contributed by atoms with Gasteiger partial charge in [-0.1, -0.05) is 134 Å². The molecule has 8 nitrogen and oxygen atoms in total. The summed E-state index contributed by atoms with van der Waals surface area (Å²) in [5, 5.41) is 0. The van der Waals surface area contributed by atoms with Crippen LogP contribution in [0, 0.1) is 6.92 Å². The molecule has 0 radical (unpaired) electrons. The summed E-state index contributed by atoms with van der Waals surface area (Å²) in [6.45, 7) is 24.8. The molecule has 1 aliphatic rings. The number of nitrogens with zero attached hydrogens (tertiary/aromatic N) is 8. The Bertz CT molecular complexity index is 2930. The van der Waals surface area contributed by atoms with Crippen LogP contribution in [-0.2, 0) is 28.1 Å². The van der Waals surface area contributed by atoms with Gasteiger partial charge in [-0.05, 0) is 61.7 Å². The monoisotopic (exact) mass is 792 g/mol. The second kappa shape index (κ2) is 14.2. The number of hydrogen-bond acceptors (Lipinski definition) is 4. The highest BCUT2D eigenvalue weighted by molar-refractivity contribution is 5.71. The fraction of sp³-hybridized carbons (Fsp3) is 0.308. The van der Waals surface area contributed by atoms with Gasteiger partial charge in [-0.2, -0.15) is 9.13 Å². The van der Waals surface area contributed by atoms with Gasteiger partial charge in [0.05, 0.1) is 23.7 Å². The SMILES string of the molecule is C=CC1(CC)c2ccccc2-[n+]2c(n(-c3ccccc3)c3nc(C(C)(C)C)cnc32)C1(CC)Cc1n(-c2ccccc2)c2ncc(C(C)(C)C)nc2[n+]1-c1ccccc1C. The minimum absolute atomic E-state index is 0.214. The molecule has 2 unspecified atom stereocenters. The van der Waals surface area contributed by atoms with Gasteiger partial charge in [-0.3, -0.25) is 0 Å². The molecule has 2 atom stereocenters. The largest absolute Gasteiger partial charge is 0.328 e. The number of fused-ring (bicyclic) bond motifs is 6. The van der Waals surface area contributed by atoms with E-state index in [9.17, 15) is 0 Å². The Morgan fingerprint density at radius 3 is 1.78 bits per heavy atom. The Kier molecular flexibility index (Phi) is 9.26. The van der Waals surface area contributed by atoms with Gasteiger partial charge in [0.2, 0.25) is 11.6 Å². The molecule has 9 rings (SSSR count). The maximum atomic E-state index is 5.54. The lowest BCUT2D eigenvalue weighted by atomic mass is 9.53. The second-order valence-electron chi connectivity index (χ2n) is 18.5. The van der Waals surface area contributed by atoms with E-state index < -0.39 is 10.8 Å². The molecule has 8 heteroatoms. The van der Waals surface area contributed by atoms with Crippen LogP contribution in [-0.4, -0.2) is 29.1 Å². The van der Waals surface area contributed by atoms with E-state index in [0.717, 1.165) is 86.8 Å². The number of para-hydroxylation sites is 4. The molecule has 0 N–H and O–H groups in total. The first-order valence-electron chi connectivity index (χ1n) is 21.4. The molecule has 0 saturated heterocycles. The summed E-state index contributed by atoms with van der Waals surface area (Å²) in [5.41, 5.74) is 10.2. The summed E-state index contributed by atoms with van der Waals surface area (Å²) in [7, 11) is 0. The molecular formula is C52H56N8+2. The molecule has 8 aromatic rings. The van der Waals surface area contributed by atoms with Gasteiger partial charge in [0.25, 0.3) is 11.3 Å². The first-order chi connectivity index (χ1) is 28.8. The van der Waals surface area contributed by atoms with Crippen molar-refractivity contribution in [2.45, 2.75) is 103 Å². The van der Waals surface area contributed by atoms with Crippen LogP contribution in [0.1, 0.15) is 102 Å². The van der Waals surface area contributed by atoms with Crippen molar-refractivity contribution in [1.29, 1.82) is 0 Å². The Labute approximate surface area is 354 Å². The van der Waals surface area contributed by atoms with Gasteiger partial charge in [0.1, 0.15) is 34.6 Å². The van der Waals surface area contributed by atoms with Gasteiger partial charge in [0.15, 0.2) is 0 Å². The van der Waals surface area contributed by atoms with Gasteiger partial charge in [0, 0.05) is 21.8 Å². The highest BCUT2D eigenvalue weighted by Gasteiger charge is 2.62. The average Bonchev–Trinajstić information content (AvgIpc) is 3.76. The highest BCUT2D eigenvalue weighted by atomic mass is 15.3. The molecule has 5 heterocycles. The van der Waals surface area contributed by atoms with Crippen molar-refractivity contribution in [3.8, 4) is 22.7 Å². The third-order valence-electron chi connectivity index (χ3n) is 13.1. The van der Waals surface area contributed by atoms with Crippen molar-refractivity contribution in [2.24, 2.45) is 0 Å². The van der Waals surface area contributed by atoms with E-state index in [1.165, 1.54) is 5.56 Å². The molecular weight excluding hydrogens is 737 g/mol. The third-order valence-corrected chi connectivity index (χ3v) is 13.1. The molecule has 0 saturated carbocycles. The molecule has 0 amide bonds. The lowest BCUT2D eigenvalue weighted by molar-refractivity contribution is -0.595. The molecule has 302 valence electrons. The lowest BCUT2D eigenvalue weighted by Crippen LogP contribution is -2.62. The van der Waals surface area contributed by atoms with Crippen molar-refractivity contribution in [1.82, 2.24) is 29.1 Å². The molecule has 4 aromatic heterocycles. The zero-order valence-corrected chi connectivity index (χ0v) is 36.5. The van der Waals surface area contributed by atoms with E-state index in [4.69, 9.17) is 26.5 Å². The molecule has 0 spiro atoms. The maximum Gasteiger partial charge on any atom is 0.328 e. The zero-order valence-electron chi connectivity index (χ0n) is 36.5. The van der Waals surface area contributed by atoms with Crippen LogP contribution in [0.3, 0.4) is 0 Å². The topological polar surface area (TPSA) is 69.2 Å². The first kappa shape index (κ1) is 39.2. The first-order valence-corrected chi connectivity index (χ1v) is 21.4. The predicted molar refractivity (Wildman–Crippen MR) is 241 cm³/mol. The Hall–Kier alpha value is -6.28. The highest BCUT2D eigenvalue weighted by Crippen LogP contribution is 2.55. The van der Waals surface area contributed by atoms with E-state index in [2.05, 4.69) is 196 Å². The summed E-state index contributed by atoms with van der Waals surface area (Å²) >= 11 is 0. The van der Waals surface area contributed by atoms with Crippen molar-refractivity contribution in [2.75, 3.05) is 0 Å². The Balaban J connectivity index is 1.51. The van der Waals surface area contributed by atoms with Crippen LogP contribution in [0.25, 0.3) is 45.3 Å². The third kappa shape index (κ3) is 5.70. The molecule has 4 aromatic carbocycles. The predicted octanol–water partition coefficient (Wildman–Crippen LogP) is 10.3. The van der Waals surface area contributed by atoms with Crippen LogP contribution in [0.2, 0.25) is 0 Å². The quantitative estimate of drug-likeness (QED) is 0.114. The number of aryl methyl sites for hydroxylation is 1. The average molecular weight is 793 g/mol. The van der Waals surface area contributed by atoms with Gasteiger partial charge in [-0.15, -0.1) is 16.5 Å². The normalized spacial score (nSPS) is 17.8. The van der Waals surface area contributed by atoms with Gasteiger partial charge < -0.3 is 0 Å². The standard InChI is InChI=1S/C52H56N8/c1-11-51(12-2)38-29-21-23-31-40(38)60-45-46(55-41(34-54-45)49(5,6)7)58(37-27-18-15-19-28-37)48(60)52(51,13-3)32-43-57(36-25-16-14-17-26-36)44-47(56-42(33-53-44)50(8,9)10)59(43)39-30-22-20-24-35(39)4/h11,14-31,33-34H,1,12-13,32H2,2-10H3/q+2. The van der Waals surface area contributed by atoms with Gasteiger partial charge >= 0.3 is 11.3 Å². The van der Waals surface area contributed by atoms with Crippen LogP contribution in [0.4, 0.5) is 0 Å². The number of hydrogen-bond donors (Lipinski definition) is 0. The van der Waals surface area contributed by atoms with E-state index in [1.807, 2.05) is 12.4 Å². The Morgan fingerprint density at radius 2 is 1.18 bits per heavy atom. The number of rotatable bonds is 8. The summed E-state index contributed by atoms with van der Waals surface area (Å²) < 4.78 is 9.58. The molecule has 60 heavy (non-hydrogen) atoms. The van der Waals surface area contributed by atoms with Gasteiger partial charge in [-0.25, -0.2) is 19.1 Å². The number of imidazole rings is 2. The van der Waals surface area contributed by atoms with Crippen molar-refractivity contribution < 1.29 is 9.13 Å². The van der Waals surface area contributed by atoms with Crippen molar-refractivity contribution in [3.63, 3.8) is 0 Å². The van der Waals surface area contributed by atoms with Crippen LogP contribution in [0.5, 0.6) is 0 Å². The molecule has 0 fully saturated rings. The van der Waals surface area contributed by atoms with Crippen LogP contribution in [0.15, 0.2) is 134 Å². The van der Waals surface area contributed by atoms with Crippen molar-refractivity contribution in [3.05, 3.63) is 168 Å². The summed E-state index contributed by atoms with van der Waals surface area (Å²) in [6.07, 6.45) is 8.36. The summed E-state index contributed by atoms with van der Waals surface area (Å²) in [5.74, 6) is 2.19. The van der Waals surface area contributed by atoms with E-state index >= 15 is 0 Å². The number of aromatic nitrogens is 8. The molecule has 0 bridgehead atoms. The Morgan fingerprint density at radius 1 is 0.617 bits per heavy atom. The van der Waals surface area contributed by atoms with Crippen molar-refractivity contribution >= 4 is 22.6 Å². The smallest absolute Gasteiger partial charge is 0.215 e.